The minimum Gasteiger partial charge on any atom is -0.496 e. The molecule has 2 N–H and O–H groups in total. The molecular weight excluding hydrogens is 300 g/mol. The molecular formula is C16H22N2O5. The maximum Gasteiger partial charge on any atom is 0.321 e. The zero-order valence-electron chi connectivity index (χ0n) is 13.7. The van der Waals surface area contributed by atoms with E-state index >= 15 is 0 Å². The van der Waals surface area contributed by atoms with Gasteiger partial charge in [-0.05, 0) is 26.8 Å². The fourth-order valence-electron chi connectivity index (χ4n) is 1.81. The highest BCUT2D eigenvalue weighted by molar-refractivity contribution is 5.97. The lowest BCUT2D eigenvalue weighted by Gasteiger charge is -2.15. The highest BCUT2D eigenvalue weighted by Crippen LogP contribution is 2.18. The molecule has 0 spiro atoms. The highest BCUT2D eigenvalue weighted by Gasteiger charge is 2.20. The van der Waals surface area contributed by atoms with Crippen molar-refractivity contribution in [1.82, 2.24) is 10.6 Å². The van der Waals surface area contributed by atoms with E-state index in [-0.39, 0.29) is 12.5 Å². The molecule has 126 valence electrons. The van der Waals surface area contributed by atoms with Crippen LogP contribution in [0, 0.1) is 0 Å². The summed E-state index contributed by atoms with van der Waals surface area (Å²) in [4.78, 5) is 35.1. The van der Waals surface area contributed by atoms with Gasteiger partial charge in [0.25, 0.3) is 5.91 Å². The summed E-state index contributed by atoms with van der Waals surface area (Å²) in [6.45, 7) is 4.93. The highest BCUT2D eigenvalue weighted by atomic mass is 16.5. The Hall–Kier alpha value is -2.57. The first-order chi connectivity index (χ1) is 10.8. The summed E-state index contributed by atoms with van der Waals surface area (Å²) in [6.07, 6.45) is -1.10. The van der Waals surface area contributed by atoms with Crippen LogP contribution in [-0.4, -0.2) is 37.2 Å². The van der Waals surface area contributed by atoms with Crippen molar-refractivity contribution >= 4 is 17.9 Å². The fraction of sp³-hybridized carbons (Fsp3) is 0.438. The smallest absolute Gasteiger partial charge is 0.321 e. The SMILES string of the molecule is COc1ccccc1CC(=O)OC(C)C(=O)NC(=O)NC(C)C. The van der Waals surface area contributed by atoms with Crippen LogP contribution in [-0.2, 0) is 20.7 Å². The van der Waals surface area contributed by atoms with Crippen molar-refractivity contribution in [2.24, 2.45) is 0 Å². The molecule has 0 saturated carbocycles. The van der Waals surface area contributed by atoms with Crippen LogP contribution >= 0.6 is 0 Å². The molecule has 23 heavy (non-hydrogen) atoms. The molecule has 0 aromatic heterocycles. The van der Waals surface area contributed by atoms with E-state index in [0.29, 0.717) is 11.3 Å². The van der Waals surface area contributed by atoms with Crippen molar-refractivity contribution in [2.45, 2.75) is 39.3 Å². The van der Waals surface area contributed by atoms with E-state index in [4.69, 9.17) is 9.47 Å². The summed E-state index contributed by atoms with van der Waals surface area (Å²) in [7, 11) is 1.51. The van der Waals surface area contributed by atoms with E-state index < -0.39 is 24.0 Å². The number of carbonyl (C=O) groups excluding carboxylic acids is 3. The van der Waals surface area contributed by atoms with Crippen LogP contribution in [0.1, 0.15) is 26.3 Å². The third-order valence-electron chi connectivity index (χ3n) is 2.86. The van der Waals surface area contributed by atoms with E-state index in [1.54, 1.807) is 38.1 Å². The van der Waals surface area contributed by atoms with Gasteiger partial charge in [0, 0.05) is 11.6 Å². The van der Waals surface area contributed by atoms with Gasteiger partial charge in [0.15, 0.2) is 6.10 Å². The van der Waals surface area contributed by atoms with Crippen molar-refractivity contribution in [3.05, 3.63) is 29.8 Å². The topological polar surface area (TPSA) is 93.7 Å². The number of nitrogens with one attached hydrogen (secondary N) is 2. The predicted octanol–water partition coefficient (Wildman–Crippen LogP) is 1.40. The summed E-state index contributed by atoms with van der Waals surface area (Å²) in [6, 6.07) is 6.30. The van der Waals surface area contributed by atoms with Crippen LogP contribution < -0.4 is 15.4 Å². The van der Waals surface area contributed by atoms with Crippen molar-refractivity contribution in [3.63, 3.8) is 0 Å². The number of imide groups is 1. The van der Waals surface area contributed by atoms with Gasteiger partial charge in [-0.25, -0.2) is 4.79 Å². The molecule has 7 heteroatoms. The minimum atomic E-state index is -1.07. The lowest BCUT2D eigenvalue weighted by molar-refractivity contribution is -0.153. The van der Waals surface area contributed by atoms with E-state index in [1.807, 2.05) is 0 Å². The number of rotatable bonds is 6. The third-order valence-corrected chi connectivity index (χ3v) is 2.86. The molecule has 0 aliphatic heterocycles. The Bertz CT molecular complexity index is 571. The molecule has 7 nitrogen and oxygen atoms in total. The lowest BCUT2D eigenvalue weighted by Crippen LogP contribution is -2.46. The molecule has 0 heterocycles. The van der Waals surface area contributed by atoms with Crippen LogP contribution in [0.3, 0.4) is 0 Å². The van der Waals surface area contributed by atoms with Gasteiger partial charge in [0.1, 0.15) is 5.75 Å². The zero-order chi connectivity index (χ0) is 17.4. The van der Waals surface area contributed by atoms with Crippen LogP contribution in [0.25, 0.3) is 0 Å². The molecule has 3 amide bonds. The zero-order valence-corrected chi connectivity index (χ0v) is 13.7. The number of benzene rings is 1. The number of urea groups is 1. The van der Waals surface area contributed by atoms with Crippen LogP contribution in [0.4, 0.5) is 4.79 Å². The van der Waals surface area contributed by atoms with Gasteiger partial charge >= 0.3 is 12.0 Å². The van der Waals surface area contributed by atoms with E-state index in [2.05, 4.69) is 10.6 Å². The summed E-state index contributed by atoms with van der Waals surface area (Å²) >= 11 is 0. The Morgan fingerprint density at radius 2 is 1.78 bits per heavy atom. The third kappa shape index (κ3) is 6.37. The number of ether oxygens (including phenoxy) is 2. The summed E-state index contributed by atoms with van der Waals surface area (Å²) < 4.78 is 10.2. The largest absolute Gasteiger partial charge is 0.496 e. The van der Waals surface area contributed by atoms with Gasteiger partial charge in [-0.1, -0.05) is 18.2 Å². The second-order valence-electron chi connectivity index (χ2n) is 5.24. The molecule has 0 aliphatic rings. The molecule has 0 bridgehead atoms. The average Bonchev–Trinajstić information content (AvgIpc) is 2.46. The molecule has 1 aromatic rings. The Balaban J connectivity index is 2.53. The lowest BCUT2D eigenvalue weighted by atomic mass is 10.1. The number of hydrogen-bond acceptors (Lipinski definition) is 5. The summed E-state index contributed by atoms with van der Waals surface area (Å²) in [5.41, 5.74) is 0.658. The molecule has 1 aromatic carbocycles. The van der Waals surface area contributed by atoms with Gasteiger partial charge in [-0.2, -0.15) is 0 Å². The number of carbonyl (C=O) groups is 3. The van der Waals surface area contributed by atoms with Crippen molar-refractivity contribution < 1.29 is 23.9 Å². The van der Waals surface area contributed by atoms with Crippen molar-refractivity contribution in [2.75, 3.05) is 7.11 Å². The van der Waals surface area contributed by atoms with Gasteiger partial charge in [-0.15, -0.1) is 0 Å². The maximum atomic E-state index is 11.9. The Morgan fingerprint density at radius 1 is 1.13 bits per heavy atom. The van der Waals surface area contributed by atoms with Gasteiger partial charge < -0.3 is 14.8 Å². The van der Waals surface area contributed by atoms with E-state index in [1.165, 1.54) is 14.0 Å². The minimum absolute atomic E-state index is 0.0280. The Labute approximate surface area is 135 Å². The molecule has 0 aliphatic carbocycles. The van der Waals surface area contributed by atoms with Crippen molar-refractivity contribution in [3.8, 4) is 5.75 Å². The Morgan fingerprint density at radius 3 is 2.39 bits per heavy atom. The number of esters is 1. The number of methoxy groups -OCH3 is 1. The van der Waals surface area contributed by atoms with Gasteiger partial charge in [0.2, 0.25) is 0 Å². The van der Waals surface area contributed by atoms with Crippen molar-refractivity contribution in [1.29, 1.82) is 0 Å². The number of para-hydroxylation sites is 1. The number of amides is 3. The van der Waals surface area contributed by atoms with Crippen LogP contribution in [0.5, 0.6) is 5.75 Å². The molecule has 1 unspecified atom stereocenters. The maximum absolute atomic E-state index is 11.9. The standard InChI is InChI=1S/C16H22N2O5/c1-10(2)17-16(21)18-15(20)11(3)23-14(19)9-12-7-5-6-8-13(12)22-4/h5-8,10-11H,9H2,1-4H3,(H2,17,18,20,21). The second kappa shape index (κ2) is 8.77. The quantitative estimate of drug-likeness (QED) is 0.772. The van der Waals surface area contributed by atoms with Crippen LogP contribution in [0.2, 0.25) is 0 Å². The molecule has 0 radical (unpaired) electrons. The monoisotopic (exact) mass is 322 g/mol. The Kier molecular flexibility index (Phi) is 7.05. The summed E-state index contributed by atoms with van der Waals surface area (Å²) in [5.74, 6) is -0.698. The number of hydrogen-bond donors (Lipinski definition) is 2. The average molecular weight is 322 g/mol. The molecule has 0 saturated heterocycles. The summed E-state index contributed by atoms with van der Waals surface area (Å²) in [5, 5.41) is 4.62. The fourth-order valence-corrected chi connectivity index (χ4v) is 1.81. The first-order valence-electron chi connectivity index (χ1n) is 7.26. The second-order valence-corrected chi connectivity index (χ2v) is 5.24. The van der Waals surface area contributed by atoms with Crippen LogP contribution in [0.15, 0.2) is 24.3 Å². The molecule has 1 rings (SSSR count). The first kappa shape index (κ1) is 18.5. The predicted molar refractivity (Wildman–Crippen MR) is 84.1 cm³/mol. The van der Waals surface area contributed by atoms with E-state index in [0.717, 1.165) is 0 Å². The van der Waals surface area contributed by atoms with Gasteiger partial charge in [-0.3, -0.25) is 14.9 Å². The normalized spacial score (nSPS) is 11.5. The van der Waals surface area contributed by atoms with Gasteiger partial charge in [0.05, 0.1) is 13.5 Å². The molecule has 1 atom stereocenters. The van der Waals surface area contributed by atoms with E-state index in [9.17, 15) is 14.4 Å². The first-order valence-corrected chi connectivity index (χ1v) is 7.26. The molecule has 0 fully saturated rings.